The van der Waals surface area contributed by atoms with Gasteiger partial charge < -0.3 is 9.80 Å². The fourth-order valence-electron chi connectivity index (χ4n) is 3.40. The molecule has 3 heteroatoms. The molecule has 1 unspecified atom stereocenters. The number of likely N-dealkylation sites (tertiary alicyclic amines) is 1. The van der Waals surface area contributed by atoms with Gasteiger partial charge in [0.25, 0.3) is 0 Å². The zero-order valence-corrected chi connectivity index (χ0v) is 13.1. The van der Waals surface area contributed by atoms with Gasteiger partial charge in [-0.05, 0) is 50.7 Å². The molecule has 1 atom stereocenters. The highest BCUT2D eigenvalue weighted by atomic mass is 32.2. The molecule has 108 valence electrons. The molecule has 0 spiro atoms. The number of rotatable bonds is 2. The van der Waals surface area contributed by atoms with Gasteiger partial charge in [-0.25, -0.2) is 0 Å². The van der Waals surface area contributed by atoms with E-state index in [1.165, 1.54) is 40.6 Å². The van der Waals surface area contributed by atoms with Crippen LogP contribution in [0.4, 0.5) is 11.4 Å². The number of likely N-dealkylation sites (N-methyl/N-ethyl adjacent to an activating group) is 1. The minimum Gasteiger partial charge on any atom is -0.338 e. The van der Waals surface area contributed by atoms with Crippen LogP contribution in [-0.4, -0.2) is 31.1 Å². The predicted octanol–water partition coefficient (Wildman–Crippen LogP) is 4.38. The number of hydrogen-bond donors (Lipinski definition) is 0. The van der Waals surface area contributed by atoms with Crippen LogP contribution in [0.15, 0.2) is 58.3 Å². The van der Waals surface area contributed by atoms with Crippen LogP contribution in [0.3, 0.4) is 0 Å². The van der Waals surface area contributed by atoms with Crippen LogP contribution in [0.5, 0.6) is 0 Å². The Kier molecular flexibility index (Phi) is 3.40. The van der Waals surface area contributed by atoms with E-state index in [1.807, 2.05) is 11.8 Å². The number of anilines is 2. The van der Waals surface area contributed by atoms with Gasteiger partial charge in [-0.1, -0.05) is 36.0 Å². The number of fused-ring (bicyclic) bond motifs is 2. The fourth-order valence-corrected chi connectivity index (χ4v) is 4.49. The molecule has 0 amide bonds. The quantitative estimate of drug-likeness (QED) is 0.812. The summed E-state index contributed by atoms with van der Waals surface area (Å²) >= 11 is 1.89. The number of para-hydroxylation sites is 2. The van der Waals surface area contributed by atoms with Gasteiger partial charge in [-0.15, -0.1) is 0 Å². The zero-order chi connectivity index (χ0) is 14.2. The third-order valence-electron chi connectivity index (χ3n) is 4.60. The molecule has 1 saturated heterocycles. The van der Waals surface area contributed by atoms with Gasteiger partial charge in [0.1, 0.15) is 0 Å². The summed E-state index contributed by atoms with van der Waals surface area (Å²) in [6.45, 7) is 2.32. The minimum atomic E-state index is 0.661. The molecule has 0 aromatic heterocycles. The highest BCUT2D eigenvalue weighted by Crippen LogP contribution is 2.48. The molecule has 2 aliphatic heterocycles. The van der Waals surface area contributed by atoms with Gasteiger partial charge in [0.15, 0.2) is 0 Å². The van der Waals surface area contributed by atoms with Crippen molar-refractivity contribution in [1.29, 1.82) is 0 Å². The molecule has 2 aromatic rings. The van der Waals surface area contributed by atoms with Crippen molar-refractivity contribution in [1.82, 2.24) is 4.90 Å². The Balaban J connectivity index is 1.74. The maximum absolute atomic E-state index is 2.52. The van der Waals surface area contributed by atoms with Crippen LogP contribution in [0.25, 0.3) is 0 Å². The molecule has 0 radical (unpaired) electrons. The van der Waals surface area contributed by atoms with Crippen LogP contribution in [0.2, 0.25) is 0 Å². The topological polar surface area (TPSA) is 6.48 Å². The lowest BCUT2D eigenvalue weighted by Crippen LogP contribution is -2.37. The van der Waals surface area contributed by atoms with E-state index in [9.17, 15) is 0 Å². The van der Waals surface area contributed by atoms with Crippen molar-refractivity contribution < 1.29 is 0 Å². The number of nitrogens with zero attached hydrogens (tertiary/aromatic N) is 2. The second-order valence-electron chi connectivity index (χ2n) is 5.92. The van der Waals surface area contributed by atoms with Crippen LogP contribution in [0, 0.1) is 0 Å². The van der Waals surface area contributed by atoms with Gasteiger partial charge in [-0.2, -0.15) is 0 Å². The summed E-state index contributed by atoms with van der Waals surface area (Å²) in [6.07, 6.45) is 2.64. The predicted molar refractivity (Wildman–Crippen MR) is 89.7 cm³/mol. The monoisotopic (exact) mass is 296 g/mol. The molecule has 0 aliphatic carbocycles. The number of hydrogen-bond acceptors (Lipinski definition) is 3. The molecule has 2 aliphatic rings. The van der Waals surface area contributed by atoms with Crippen molar-refractivity contribution >= 4 is 23.1 Å². The molecule has 4 rings (SSSR count). The first-order valence-corrected chi connectivity index (χ1v) is 8.48. The SMILES string of the molecule is CN1CCCC1CN1c2ccccc2Sc2ccccc21. The van der Waals surface area contributed by atoms with Crippen molar-refractivity contribution in [2.45, 2.75) is 28.7 Å². The lowest BCUT2D eigenvalue weighted by atomic mass is 10.1. The maximum atomic E-state index is 2.52. The molecular formula is C18H20N2S. The summed E-state index contributed by atoms with van der Waals surface area (Å²) in [7, 11) is 2.26. The highest BCUT2D eigenvalue weighted by Gasteiger charge is 2.28. The van der Waals surface area contributed by atoms with Gasteiger partial charge in [0.2, 0.25) is 0 Å². The molecule has 21 heavy (non-hydrogen) atoms. The average molecular weight is 296 g/mol. The minimum absolute atomic E-state index is 0.661. The molecule has 0 saturated carbocycles. The molecule has 0 bridgehead atoms. The first-order chi connectivity index (χ1) is 10.3. The Morgan fingerprint density at radius 2 is 1.62 bits per heavy atom. The third kappa shape index (κ3) is 2.34. The van der Waals surface area contributed by atoms with Crippen LogP contribution >= 0.6 is 11.8 Å². The van der Waals surface area contributed by atoms with Crippen LogP contribution in [-0.2, 0) is 0 Å². The van der Waals surface area contributed by atoms with Crippen LogP contribution in [0.1, 0.15) is 12.8 Å². The first kappa shape index (κ1) is 13.2. The second-order valence-corrected chi connectivity index (χ2v) is 7.01. The highest BCUT2D eigenvalue weighted by molar-refractivity contribution is 7.99. The van der Waals surface area contributed by atoms with Crippen molar-refractivity contribution in [3.8, 4) is 0 Å². The molecule has 0 N–H and O–H groups in total. The van der Waals surface area contributed by atoms with E-state index >= 15 is 0 Å². The normalized spacial score (nSPS) is 21.2. The summed E-state index contributed by atoms with van der Waals surface area (Å²) < 4.78 is 0. The standard InChI is InChI=1S/C18H20N2S/c1-19-12-6-7-14(19)13-20-15-8-2-4-10-17(15)21-18-11-5-3-9-16(18)20/h2-5,8-11,14H,6-7,12-13H2,1H3. The van der Waals surface area contributed by atoms with E-state index in [2.05, 4.69) is 65.4 Å². The molecule has 2 nitrogen and oxygen atoms in total. The Labute approximate surface area is 130 Å². The van der Waals surface area contributed by atoms with Gasteiger partial charge >= 0.3 is 0 Å². The lowest BCUT2D eigenvalue weighted by Gasteiger charge is -2.36. The number of benzene rings is 2. The molecule has 2 aromatic carbocycles. The van der Waals surface area contributed by atoms with Gasteiger partial charge in [0, 0.05) is 22.4 Å². The fraction of sp³-hybridized carbons (Fsp3) is 0.333. The van der Waals surface area contributed by atoms with Crippen molar-refractivity contribution in [3.05, 3.63) is 48.5 Å². The smallest absolute Gasteiger partial charge is 0.0553 e. The van der Waals surface area contributed by atoms with Crippen molar-refractivity contribution in [3.63, 3.8) is 0 Å². The van der Waals surface area contributed by atoms with E-state index < -0.39 is 0 Å². The van der Waals surface area contributed by atoms with E-state index in [0.717, 1.165) is 6.54 Å². The Morgan fingerprint density at radius 1 is 1.00 bits per heavy atom. The van der Waals surface area contributed by atoms with Gasteiger partial charge in [0.05, 0.1) is 11.4 Å². The average Bonchev–Trinajstić information content (AvgIpc) is 2.92. The lowest BCUT2D eigenvalue weighted by molar-refractivity contribution is 0.315. The largest absolute Gasteiger partial charge is 0.338 e. The summed E-state index contributed by atoms with van der Waals surface area (Å²) in [4.78, 5) is 7.77. The van der Waals surface area contributed by atoms with E-state index in [1.54, 1.807) is 0 Å². The Hall–Kier alpha value is -1.45. The molecular weight excluding hydrogens is 276 g/mol. The zero-order valence-electron chi connectivity index (χ0n) is 12.3. The second kappa shape index (κ2) is 5.39. The van der Waals surface area contributed by atoms with Crippen molar-refractivity contribution in [2.75, 3.05) is 25.0 Å². The third-order valence-corrected chi connectivity index (χ3v) is 5.73. The Morgan fingerprint density at radius 3 is 2.19 bits per heavy atom. The summed E-state index contributed by atoms with van der Waals surface area (Å²) in [6, 6.07) is 18.2. The van der Waals surface area contributed by atoms with Crippen LogP contribution < -0.4 is 4.90 Å². The maximum Gasteiger partial charge on any atom is 0.0553 e. The van der Waals surface area contributed by atoms with E-state index in [4.69, 9.17) is 0 Å². The first-order valence-electron chi connectivity index (χ1n) is 7.66. The summed E-state index contributed by atoms with van der Waals surface area (Å²) in [5.74, 6) is 0. The van der Waals surface area contributed by atoms with Crippen molar-refractivity contribution in [2.24, 2.45) is 0 Å². The molecule has 1 fully saturated rings. The summed E-state index contributed by atoms with van der Waals surface area (Å²) in [5, 5.41) is 0. The Bertz CT molecular complexity index is 610. The van der Waals surface area contributed by atoms with E-state index in [0.29, 0.717) is 6.04 Å². The summed E-state index contributed by atoms with van der Waals surface area (Å²) in [5.41, 5.74) is 2.73. The van der Waals surface area contributed by atoms with Gasteiger partial charge in [-0.3, -0.25) is 0 Å². The van der Waals surface area contributed by atoms with E-state index in [-0.39, 0.29) is 0 Å². The molecule has 2 heterocycles.